The summed E-state index contributed by atoms with van der Waals surface area (Å²) in [5, 5.41) is 42.3. The number of hydrogen-bond acceptors (Lipinski definition) is 9. The van der Waals surface area contributed by atoms with Gasteiger partial charge in [0.05, 0.1) is 6.61 Å². The number of carbonyl (C=O) groups is 2. The molecular formula is C16H29NO8S. The van der Waals surface area contributed by atoms with Crippen molar-refractivity contribution < 1.29 is 39.5 Å². The molecule has 2 unspecified atom stereocenters. The number of thiol groups is 1. The zero-order valence-corrected chi connectivity index (χ0v) is 16.3. The van der Waals surface area contributed by atoms with Gasteiger partial charge in [-0.2, -0.15) is 12.6 Å². The highest BCUT2D eigenvalue weighted by Crippen LogP contribution is 2.33. The van der Waals surface area contributed by atoms with Crippen LogP contribution >= 0.6 is 12.6 Å². The van der Waals surface area contributed by atoms with Crippen molar-refractivity contribution in [2.75, 3.05) is 12.4 Å². The molecule has 152 valence electrons. The second kappa shape index (κ2) is 8.85. The standard InChI is InChI=1S/C16H29NO8S/c1-8(19)17-16(5-6-26,14(23)25-15(2,3)4)13-12(22)11(21)10(20)9(7-18)24-13/h9-13,18,20-22,26H,5-7H2,1-4H3,(H,17,19)/t9-,10-,11+,12-,13?,16?/m1/s1. The maximum Gasteiger partial charge on any atom is 0.335 e. The Balaban J connectivity index is 3.40. The first-order valence-electron chi connectivity index (χ1n) is 8.33. The molecule has 0 radical (unpaired) electrons. The van der Waals surface area contributed by atoms with Crippen LogP contribution in [0.5, 0.6) is 0 Å². The molecule has 0 spiro atoms. The molecule has 1 heterocycles. The average molecular weight is 395 g/mol. The van der Waals surface area contributed by atoms with Crippen molar-refractivity contribution in [3.63, 3.8) is 0 Å². The molecule has 1 saturated heterocycles. The lowest BCUT2D eigenvalue weighted by atomic mass is 9.80. The predicted octanol–water partition coefficient (Wildman–Crippen LogP) is -1.63. The minimum Gasteiger partial charge on any atom is -0.458 e. The maximum atomic E-state index is 13.0. The summed E-state index contributed by atoms with van der Waals surface area (Å²) < 4.78 is 10.9. The highest BCUT2D eigenvalue weighted by Gasteiger charge is 2.58. The first-order valence-corrected chi connectivity index (χ1v) is 8.96. The van der Waals surface area contributed by atoms with Gasteiger partial charge in [0.2, 0.25) is 5.91 Å². The van der Waals surface area contributed by atoms with E-state index in [2.05, 4.69) is 17.9 Å². The van der Waals surface area contributed by atoms with E-state index in [-0.39, 0.29) is 12.2 Å². The Bertz CT molecular complexity index is 509. The van der Waals surface area contributed by atoms with E-state index in [0.717, 1.165) is 0 Å². The first kappa shape index (κ1) is 23.1. The minimum atomic E-state index is -1.87. The van der Waals surface area contributed by atoms with E-state index in [1.54, 1.807) is 20.8 Å². The van der Waals surface area contributed by atoms with Crippen LogP contribution in [0.3, 0.4) is 0 Å². The van der Waals surface area contributed by atoms with E-state index in [4.69, 9.17) is 9.47 Å². The predicted molar refractivity (Wildman–Crippen MR) is 94.6 cm³/mol. The molecule has 1 fully saturated rings. The molecular weight excluding hydrogens is 366 g/mol. The molecule has 10 heteroatoms. The van der Waals surface area contributed by atoms with Gasteiger partial charge in [-0.25, -0.2) is 4.79 Å². The van der Waals surface area contributed by atoms with Gasteiger partial charge >= 0.3 is 5.97 Å². The van der Waals surface area contributed by atoms with Crippen LogP contribution < -0.4 is 5.32 Å². The third-order valence-electron chi connectivity index (χ3n) is 4.05. The van der Waals surface area contributed by atoms with Crippen molar-refractivity contribution in [1.82, 2.24) is 5.32 Å². The van der Waals surface area contributed by atoms with Gasteiger partial charge in [0.1, 0.15) is 36.1 Å². The third kappa shape index (κ3) is 5.08. The van der Waals surface area contributed by atoms with E-state index < -0.39 is 60.1 Å². The summed E-state index contributed by atoms with van der Waals surface area (Å²) in [5.74, 6) is -1.35. The van der Waals surface area contributed by atoms with Crippen molar-refractivity contribution >= 4 is 24.5 Å². The Morgan fingerprint density at radius 2 is 1.73 bits per heavy atom. The van der Waals surface area contributed by atoms with Gasteiger partial charge in [-0.1, -0.05) is 0 Å². The van der Waals surface area contributed by atoms with Gasteiger partial charge in [-0.05, 0) is 32.9 Å². The number of nitrogens with one attached hydrogen (secondary N) is 1. The van der Waals surface area contributed by atoms with Crippen LogP contribution in [0.2, 0.25) is 0 Å². The Morgan fingerprint density at radius 3 is 2.15 bits per heavy atom. The number of aliphatic hydroxyl groups is 4. The second-order valence-electron chi connectivity index (χ2n) is 7.38. The Kier molecular flexibility index (Phi) is 7.88. The minimum absolute atomic E-state index is 0.0761. The fraction of sp³-hybridized carbons (Fsp3) is 0.875. The SMILES string of the molecule is CC(=O)NC(CCS)(C(=O)OC(C)(C)C)C1O[C@H](CO)[C@@H](O)[C@H](O)[C@H]1O. The summed E-state index contributed by atoms with van der Waals surface area (Å²) in [6.07, 6.45) is -7.77. The molecule has 9 nitrogen and oxygen atoms in total. The van der Waals surface area contributed by atoms with E-state index in [1.807, 2.05) is 0 Å². The molecule has 0 aliphatic carbocycles. The Labute approximate surface area is 158 Å². The molecule has 26 heavy (non-hydrogen) atoms. The van der Waals surface area contributed by atoms with Crippen LogP contribution in [0.15, 0.2) is 0 Å². The number of ether oxygens (including phenoxy) is 2. The van der Waals surface area contributed by atoms with Crippen LogP contribution in [-0.2, 0) is 19.1 Å². The first-order chi connectivity index (χ1) is 11.9. The Morgan fingerprint density at radius 1 is 1.15 bits per heavy atom. The van der Waals surface area contributed by atoms with Crippen molar-refractivity contribution in [2.45, 2.75) is 75.8 Å². The molecule has 1 amide bonds. The van der Waals surface area contributed by atoms with Gasteiger partial charge in [0.15, 0.2) is 5.54 Å². The summed E-state index contributed by atoms with van der Waals surface area (Å²) >= 11 is 4.12. The molecule has 0 aromatic heterocycles. The van der Waals surface area contributed by atoms with Gasteiger partial charge in [0, 0.05) is 6.92 Å². The lowest BCUT2D eigenvalue weighted by Crippen LogP contribution is -2.72. The lowest BCUT2D eigenvalue weighted by molar-refractivity contribution is -0.250. The van der Waals surface area contributed by atoms with E-state index in [1.165, 1.54) is 6.92 Å². The summed E-state index contributed by atoms with van der Waals surface area (Å²) in [4.78, 5) is 24.8. The van der Waals surface area contributed by atoms with Gasteiger partial charge < -0.3 is 35.2 Å². The Hall–Kier alpha value is -0.910. The normalized spacial score (nSPS) is 31.8. The molecule has 0 bridgehead atoms. The van der Waals surface area contributed by atoms with E-state index in [0.29, 0.717) is 0 Å². The summed E-state index contributed by atoms with van der Waals surface area (Å²) in [6.45, 7) is 5.43. The monoisotopic (exact) mass is 395 g/mol. The van der Waals surface area contributed by atoms with Gasteiger partial charge in [-0.15, -0.1) is 0 Å². The van der Waals surface area contributed by atoms with Crippen LogP contribution in [0.25, 0.3) is 0 Å². The van der Waals surface area contributed by atoms with Crippen molar-refractivity contribution in [1.29, 1.82) is 0 Å². The highest BCUT2D eigenvalue weighted by molar-refractivity contribution is 7.80. The molecule has 1 aliphatic heterocycles. The molecule has 0 aromatic rings. The number of rotatable bonds is 6. The topological polar surface area (TPSA) is 146 Å². The lowest BCUT2D eigenvalue weighted by Gasteiger charge is -2.48. The quantitative estimate of drug-likeness (QED) is 0.232. The van der Waals surface area contributed by atoms with Gasteiger partial charge in [-0.3, -0.25) is 4.79 Å². The number of esters is 1. The highest BCUT2D eigenvalue weighted by atomic mass is 32.1. The summed E-state index contributed by atoms with van der Waals surface area (Å²) in [7, 11) is 0. The fourth-order valence-electron chi connectivity index (χ4n) is 2.91. The number of amides is 1. The number of aliphatic hydroxyl groups excluding tert-OH is 4. The summed E-state index contributed by atoms with van der Waals surface area (Å²) in [5.41, 5.74) is -2.76. The third-order valence-corrected chi connectivity index (χ3v) is 4.27. The second-order valence-corrected chi connectivity index (χ2v) is 7.82. The molecule has 5 N–H and O–H groups in total. The van der Waals surface area contributed by atoms with Crippen LogP contribution in [0.4, 0.5) is 0 Å². The van der Waals surface area contributed by atoms with E-state index in [9.17, 15) is 30.0 Å². The van der Waals surface area contributed by atoms with E-state index >= 15 is 0 Å². The van der Waals surface area contributed by atoms with Crippen LogP contribution in [0, 0.1) is 0 Å². The number of hydrogen-bond donors (Lipinski definition) is 6. The largest absolute Gasteiger partial charge is 0.458 e. The average Bonchev–Trinajstić information content (AvgIpc) is 2.50. The molecule has 0 aromatic carbocycles. The van der Waals surface area contributed by atoms with Crippen LogP contribution in [0.1, 0.15) is 34.1 Å². The van der Waals surface area contributed by atoms with Gasteiger partial charge in [0.25, 0.3) is 0 Å². The zero-order chi connectivity index (χ0) is 20.3. The molecule has 1 aliphatic rings. The fourth-order valence-corrected chi connectivity index (χ4v) is 3.27. The molecule has 1 rings (SSSR count). The van der Waals surface area contributed by atoms with Crippen molar-refractivity contribution in [3.8, 4) is 0 Å². The van der Waals surface area contributed by atoms with Crippen molar-refractivity contribution in [2.24, 2.45) is 0 Å². The maximum absolute atomic E-state index is 13.0. The number of carbonyl (C=O) groups excluding carboxylic acids is 2. The van der Waals surface area contributed by atoms with Crippen molar-refractivity contribution in [3.05, 3.63) is 0 Å². The zero-order valence-electron chi connectivity index (χ0n) is 15.4. The molecule has 0 saturated carbocycles. The smallest absolute Gasteiger partial charge is 0.335 e. The summed E-state index contributed by atoms with van der Waals surface area (Å²) in [6, 6.07) is 0. The molecule has 6 atom stereocenters. The van der Waals surface area contributed by atoms with Crippen LogP contribution in [-0.4, -0.2) is 86.3 Å².